The van der Waals surface area contributed by atoms with Crippen molar-refractivity contribution in [2.75, 3.05) is 11.4 Å². The zero-order valence-electron chi connectivity index (χ0n) is 10.6. The van der Waals surface area contributed by atoms with E-state index in [1.54, 1.807) is 13.8 Å². The van der Waals surface area contributed by atoms with E-state index in [1.165, 1.54) is 17.0 Å². The fraction of sp³-hybridized carbons (Fsp3) is 0.500. The molecule has 19 heavy (non-hydrogen) atoms. The van der Waals surface area contributed by atoms with Crippen molar-refractivity contribution >= 4 is 11.8 Å². The Kier molecular flexibility index (Phi) is 4.74. The summed E-state index contributed by atoms with van der Waals surface area (Å²) in [5, 5.41) is 8.65. The number of aliphatic carboxylic acids is 1. The van der Waals surface area contributed by atoms with Crippen molar-refractivity contribution in [1.82, 2.24) is 4.98 Å². The summed E-state index contributed by atoms with van der Waals surface area (Å²) >= 11 is 0. The summed E-state index contributed by atoms with van der Waals surface area (Å²) in [6, 6.07) is 3.45. The van der Waals surface area contributed by atoms with Crippen molar-refractivity contribution < 1.29 is 23.1 Å². The molecular weight excluding hydrogens is 261 g/mol. The molecule has 0 amide bonds. The summed E-state index contributed by atoms with van der Waals surface area (Å²) in [7, 11) is 0. The van der Waals surface area contributed by atoms with Gasteiger partial charge in [0.2, 0.25) is 0 Å². The van der Waals surface area contributed by atoms with Crippen molar-refractivity contribution in [2.45, 2.75) is 32.5 Å². The summed E-state index contributed by atoms with van der Waals surface area (Å²) in [5.74, 6) is -0.872. The highest BCUT2D eigenvalue weighted by molar-refractivity contribution is 5.67. The van der Waals surface area contributed by atoms with E-state index in [9.17, 15) is 18.0 Å². The highest BCUT2D eigenvalue weighted by Crippen LogP contribution is 2.29. The second-order valence-corrected chi connectivity index (χ2v) is 4.31. The molecule has 0 aliphatic rings. The second-order valence-electron chi connectivity index (χ2n) is 4.31. The number of alkyl halides is 3. The molecule has 1 N–H and O–H groups in total. The predicted molar refractivity (Wildman–Crippen MR) is 64.0 cm³/mol. The standard InChI is InChI=1S/C12H15F3N2O2/c1-8(2)17(7-6-11(18)19)10-5-3-4-9(16-10)12(13,14)15/h3-5,8H,6-7H2,1-2H3,(H,18,19). The first kappa shape index (κ1) is 15.3. The first-order valence-electron chi connectivity index (χ1n) is 5.74. The van der Waals surface area contributed by atoms with Gasteiger partial charge in [0, 0.05) is 12.6 Å². The third-order valence-corrected chi connectivity index (χ3v) is 2.51. The van der Waals surface area contributed by atoms with Crippen molar-refractivity contribution in [3.63, 3.8) is 0 Å². The molecule has 0 aromatic carbocycles. The van der Waals surface area contributed by atoms with Crippen molar-refractivity contribution in [3.05, 3.63) is 23.9 Å². The van der Waals surface area contributed by atoms with Gasteiger partial charge >= 0.3 is 12.1 Å². The van der Waals surface area contributed by atoms with Crippen LogP contribution in [-0.2, 0) is 11.0 Å². The first-order valence-corrected chi connectivity index (χ1v) is 5.74. The molecule has 0 atom stereocenters. The van der Waals surface area contributed by atoms with Crippen LogP contribution in [0.5, 0.6) is 0 Å². The summed E-state index contributed by atoms with van der Waals surface area (Å²) in [6.45, 7) is 3.65. The zero-order chi connectivity index (χ0) is 14.6. The fourth-order valence-corrected chi connectivity index (χ4v) is 1.59. The molecule has 1 aromatic rings. The Bertz CT molecular complexity index is 447. The number of halogens is 3. The van der Waals surface area contributed by atoms with Gasteiger partial charge in [-0.15, -0.1) is 0 Å². The van der Waals surface area contributed by atoms with Gasteiger partial charge in [0.25, 0.3) is 0 Å². The van der Waals surface area contributed by atoms with Gasteiger partial charge < -0.3 is 10.0 Å². The third-order valence-electron chi connectivity index (χ3n) is 2.51. The minimum absolute atomic E-state index is 0.112. The normalized spacial score (nSPS) is 11.7. The van der Waals surface area contributed by atoms with Crippen molar-refractivity contribution in [2.24, 2.45) is 0 Å². The maximum Gasteiger partial charge on any atom is 0.433 e. The van der Waals surface area contributed by atoms with E-state index in [2.05, 4.69) is 4.98 Å². The van der Waals surface area contributed by atoms with E-state index in [0.29, 0.717) is 0 Å². The molecule has 0 unspecified atom stereocenters. The zero-order valence-corrected chi connectivity index (χ0v) is 10.6. The number of rotatable bonds is 5. The van der Waals surface area contributed by atoms with Gasteiger partial charge in [-0.1, -0.05) is 6.07 Å². The average molecular weight is 276 g/mol. The van der Waals surface area contributed by atoms with E-state index in [4.69, 9.17) is 5.11 Å². The lowest BCUT2D eigenvalue weighted by Gasteiger charge is -2.27. The molecular formula is C12H15F3N2O2. The molecule has 0 aliphatic heterocycles. The van der Waals surface area contributed by atoms with Gasteiger partial charge in [-0.25, -0.2) is 4.98 Å². The minimum atomic E-state index is -4.51. The number of hydrogen-bond donors (Lipinski definition) is 1. The monoisotopic (exact) mass is 276 g/mol. The third kappa shape index (κ3) is 4.42. The number of hydrogen-bond acceptors (Lipinski definition) is 3. The Morgan fingerprint density at radius 3 is 2.53 bits per heavy atom. The molecule has 0 saturated carbocycles. The Morgan fingerprint density at radius 2 is 2.05 bits per heavy atom. The number of pyridine rings is 1. The van der Waals surface area contributed by atoms with Crippen molar-refractivity contribution in [3.8, 4) is 0 Å². The van der Waals surface area contributed by atoms with Gasteiger partial charge in [0.1, 0.15) is 11.5 Å². The molecule has 106 valence electrons. The SMILES string of the molecule is CC(C)N(CCC(=O)O)c1cccc(C(F)(F)F)n1. The van der Waals surface area contributed by atoms with E-state index >= 15 is 0 Å². The molecule has 0 saturated heterocycles. The van der Waals surface area contributed by atoms with E-state index in [1.807, 2.05) is 0 Å². The quantitative estimate of drug-likeness (QED) is 0.898. The maximum absolute atomic E-state index is 12.6. The smallest absolute Gasteiger partial charge is 0.433 e. The van der Waals surface area contributed by atoms with Crippen LogP contribution < -0.4 is 4.90 Å². The lowest BCUT2D eigenvalue weighted by molar-refractivity contribution is -0.141. The van der Waals surface area contributed by atoms with Gasteiger partial charge in [-0.3, -0.25) is 4.79 Å². The summed E-state index contributed by atoms with van der Waals surface area (Å²) < 4.78 is 37.7. The van der Waals surface area contributed by atoms with Gasteiger partial charge in [-0.2, -0.15) is 13.2 Å². The Labute approximate surface area is 108 Å². The average Bonchev–Trinajstić information content (AvgIpc) is 2.27. The molecule has 0 fully saturated rings. The molecule has 1 rings (SSSR count). The molecule has 4 nitrogen and oxygen atoms in total. The number of nitrogens with zero attached hydrogens (tertiary/aromatic N) is 2. The molecule has 1 heterocycles. The topological polar surface area (TPSA) is 53.4 Å². The van der Waals surface area contributed by atoms with Crippen LogP contribution in [0.15, 0.2) is 18.2 Å². The maximum atomic E-state index is 12.6. The molecule has 0 aliphatic carbocycles. The predicted octanol–water partition coefficient (Wildman–Crippen LogP) is 2.79. The molecule has 1 aromatic heterocycles. The lowest BCUT2D eigenvalue weighted by Crippen LogP contribution is -2.34. The van der Waals surface area contributed by atoms with Crippen LogP contribution in [0.2, 0.25) is 0 Å². The number of carbonyl (C=O) groups is 1. The number of carboxylic acids is 1. The highest BCUT2D eigenvalue weighted by Gasteiger charge is 2.33. The Hall–Kier alpha value is -1.79. The summed E-state index contributed by atoms with van der Waals surface area (Å²) in [5.41, 5.74) is -0.981. The fourth-order valence-electron chi connectivity index (χ4n) is 1.59. The van der Waals surface area contributed by atoms with Crippen LogP contribution >= 0.6 is 0 Å². The largest absolute Gasteiger partial charge is 0.481 e. The lowest BCUT2D eigenvalue weighted by atomic mass is 10.2. The van der Waals surface area contributed by atoms with Gasteiger partial charge in [0.15, 0.2) is 0 Å². The summed E-state index contributed by atoms with van der Waals surface area (Å²) in [6.07, 6.45) is -4.67. The summed E-state index contributed by atoms with van der Waals surface area (Å²) in [4.78, 5) is 15.6. The van der Waals surface area contributed by atoms with Crippen LogP contribution in [0, 0.1) is 0 Å². The Balaban J connectivity index is 2.99. The molecule has 0 bridgehead atoms. The van der Waals surface area contributed by atoms with E-state index in [0.717, 1.165) is 6.07 Å². The van der Waals surface area contributed by atoms with Crippen LogP contribution in [0.1, 0.15) is 26.0 Å². The van der Waals surface area contributed by atoms with Crippen molar-refractivity contribution in [1.29, 1.82) is 0 Å². The molecule has 7 heteroatoms. The molecule has 0 radical (unpaired) electrons. The van der Waals surface area contributed by atoms with E-state index in [-0.39, 0.29) is 24.8 Å². The number of aromatic nitrogens is 1. The van der Waals surface area contributed by atoms with Crippen LogP contribution in [0.4, 0.5) is 19.0 Å². The Morgan fingerprint density at radius 1 is 1.42 bits per heavy atom. The number of carboxylic acid groups (broad SMARTS) is 1. The van der Waals surface area contributed by atoms with Gasteiger partial charge in [-0.05, 0) is 26.0 Å². The van der Waals surface area contributed by atoms with Crippen LogP contribution in [0.25, 0.3) is 0 Å². The minimum Gasteiger partial charge on any atom is -0.481 e. The van der Waals surface area contributed by atoms with Crippen LogP contribution in [0.3, 0.4) is 0 Å². The second kappa shape index (κ2) is 5.90. The van der Waals surface area contributed by atoms with E-state index < -0.39 is 17.8 Å². The highest BCUT2D eigenvalue weighted by atomic mass is 19.4. The molecule has 0 spiro atoms. The first-order chi connectivity index (χ1) is 8.71. The number of anilines is 1. The van der Waals surface area contributed by atoms with Gasteiger partial charge in [0.05, 0.1) is 6.42 Å². The van der Waals surface area contributed by atoms with Crippen LogP contribution in [-0.4, -0.2) is 28.6 Å².